The third-order valence-electron chi connectivity index (χ3n) is 3.69. The Hall–Kier alpha value is -2.81. The Balaban J connectivity index is 1.74. The van der Waals surface area contributed by atoms with Crippen LogP contribution in [0.1, 0.15) is 22.0 Å². The lowest BCUT2D eigenvalue weighted by Crippen LogP contribution is -2.31. The first-order valence-corrected chi connectivity index (χ1v) is 8.76. The number of benzene rings is 2. The zero-order valence-corrected chi connectivity index (χ0v) is 14.7. The third kappa shape index (κ3) is 5.58. The summed E-state index contributed by atoms with van der Waals surface area (Å²) in [5.74, 6) is -0.382. The average Bonchev–Trinajstić information content (AvgIpc) is 3.14. The van der Waals surface area contributed by atoms with Crippen molar-refractivity contribution in [1.82, 2.24) is 20.1 Å². The number of halogens is 3. The van der Waals surface area contributed by atoms with Gasteiger partial charge in [-0.1, -0.05) is 30.3 Å². The fourth-order valence-corrected chi connectivity index (χ4v) is 3.02. The normalized spacial score (nSPS) is 12.6. The highest BCUT2D eigenvalue weighted by Crippen LogP contribution is 2.36. The Kier molecular flexibility index (Phi) is 5.80. The number of nitrogens with one attached hydrogen (secondary N) is 1. The van der Waals surface area contributed by atoms with Gasteiger partial charge in [-0.2, -0.15) is 18.3 Å². The highest BCUT2D eigenvalue weighted by Gasteiger charge is 2.29. The number of nitrogens with zero attached hydrogens (tertiary/aromatic N) is 3. The van der Waals surface area contributed by atoms with Crippen molar-refractivity contribution in [3.05, 3.63) is 78.4 Å². The summed E-state index contributed by atoms with van der Waals surface area (Å²) in [6, 6.07) is 14.3. The SMILES string of the molecule is O=C(N[C@@H](Cn1cncn1)c1ccccc1)c1ccc(SC(F)(F)F)cc1. The molecule has 0 spiro atoms. The van der Waals surface area contributed by atoms with Gasteiger partial charge in [0.05, 0.1) is 12.6 Å². The van der Waals surface area contributed by atoms with Gasteiger partial charge in [-0.05, 0) is 41.6 Å². The van der Waals surface area contributed by atoms with Crippen LogP contribution in [0.25, 0.3) is 0 Å². The van der Waals surface area contributed by atoms with Gasteiger partial charge < -0.3 is 5.32 Å². The van der Waals surface area contributed by atoms with Gasteiger partial charge in [0, 0.05) is 10.5 Å². The fraction of sp³-hybridized carbons (Fsp3) is 0.167. The van der Waals surface area contributed by atoms with Crippen LogP contribution in [0.5, 0.6) is 0 Å². The van der Waals surface area contributed by atoms with E-state index in [9.17, 15) is 18.0 Å². The van der Waals surface area contributed by atoms with E-state index in [1.807, 2.05) is 30.3 Å². The van der Waals surface area contributed by atoms with E-state index >= 15 is 0 Å². The van der Waals surface area contributed by atoms with Gasteiger partial charge in [0.2, 0.25) is 0 Å². The molecule has 2 aromatic carbocycles. The lowest BCUT2D eigenvalue weighted by Gasteiger charge is -2.19. The zero-order valence-electron chi connectivity index (χ0n) is 13.9. The molecule has 0 saturated carbocycles. The number of amides is 1. The molecule has 27 heavy (non-hydrogen) atoms. The van der Waals surface area contributed by atoms with E-state index in [0.717, 1.165) is 5.56 Å². The predicted molar refractivity (Wildman–Crippen MR) is 95.0 cm³/mol. The molecule has 0 aliphatic rings. The van der Waals surface area contributed by atoms with Crippen LogP contribution in [0.4, 0.5) is 13.2 Å². The van der Waals surface area contributed by atoms with Crippen molar-refractivity contribution in [2.45, 2.75) is 23.0 Å². The summed E-state index contributed by atoms with van der Waals surface area (Å²) in [6.45, 7) is 0.373. The summed E-state index contributed by atoms with van der Waals surface area (Å²) in [7, 11) is 0. The van der Waals surface area contributed by atoms with E-state index in [4.69, 9.17) is 0 Å². The highest BCUT2D eigenvalue weighted by atomic mass is 32.2. The van der Waals surface area contributed by atoms with Gasteiger partial charge in [-0.25, -0.2) is 4.98 Å². The lowest BCUT2D eigenvalue weighted by molar-refractivity contribution is -0.0328. The molecule has 1 heterocycles. The standard InChI is InChI=1S/C18H15F3N4OS/c19-18(20,21)27-15-8-6-14(7-9-15)17(26)24-16(10-25-12-22-11-23-25)13-4-2-1-3-5-13/h1-9,11-12,16H,10H2,(H,24,26)/t16-/m0/s1. The van der Waals surface area contributed by atoms with Crippen molar-refractivity contribution in [2.24, 2.45) is 0 Å². The molecule has 0 saturated heterocycles. The molecule has 3 aromatic rings. The molecular weight excluding hydrogens is 377 g/mol. The molecule has 0 bridgehead atoms. The molecule has 0 fully saturated rings. The summed E-state index contributed by atoms with van der Waals surface area (Å²) in [4.78, 5) is 16.5. The lowest BCUT2D eigenvalue weighted by atomic mass is 10.1. The second kappa shape index (κ2) is 8.26. The molecule has 3 rings (SSSR count). The van der Waals surface area contributed by atoms with E-state index in [0.29, 0.717) is 6.54 Å². The Morgan fingerprint density at radius 2 is 1.81 bits per heavy atom. The molecule has 0 unspecified atom stereocenters. The second-order valence-electron chi connectivity index (χ2n) is 5.63. The third-order valence-corrected chi connectivity index (χ3v) is 4.43. The first-order valence-electron chi connectivity index (χ1n) is 7.95. The van der Waals surface area contributed by atoms with Crippen molar-refractivity contribution in [3.63, 3.8) is 0 Å². The zero-order chi connectivity index (χ0) is 19.3. The molecule has 0 aliphatic heterocycles. The van der Waals surface area contributed by atoms with Gasteiger partial charge in [-0.15, -0.1) is 0 Å². The molecule has 0 aliphatic carbocycles. The van der Waals surface area contributed by atoms with E-state index in [1.165, 1.54) is 30.6 Å². The van der Waals surface area contributed by atoms with Crippen LogP contribution in [0, 0.1) is 0 Å². The molecule has 5 nitrogen and oxygen atoms in total. The number of hydrogen-bond acceptors (Lipinski definition) is 4. The van der Waals surface area contributed by atoms with Crippen molar-refractivity contribution < 1.29 is 18.0 Å². The van der Waals surface area contributed by atoms with Crippen LogP contribution in [0.3, 0.4) is 0 Å². The molecule has 0 radical (unpaired) electrons. The van der Waals surface area contributed by atoms with Crippen LogP contribution >= 0.6 is 11.8 Å². The summed E-state index contributed by atoms with van der Waals surface area (Å²) >= 11 is -0.216. The number of carbonyl (C=O) groups excluding carboxylic acids is 1. The smallest absolute Gasteiger partial charge is 0.343 e. The Bertz CT molecular complexity index is 868. The maximum Gasteiger partial charge on any atom is 0.446 e. The first-order chi connectivity index (χ1) is 12.9. The Morgan fingerprint density at radius 1 is 1.11 bits per heavy atom. The van der Waals surface area contributed by atoms with Crippen molar-refractivity contribution in [3.8, 4) is 0 Å². The van der Waals surface area contributed by atoms with Crippen LogP contribution in [-0.4, -0.2) is 26.2 Å². The van der Waals surface area contributed by atoms with Crippen molar-refractivity contribution in [2.75, 3.05) is 0 Å². The number of alkyl halides is 3. The minimum Gasteiger partial charge on any atom is -0.343 e. The number of carbonyl (C=O) groups is 1. The topological polar surface area (TPSA) is 59.8 Å². The van der Waals surface area contributed by atoms with Gasteiger partial charge in [0.1, 0.15) is 12.7 Å². The first kappa shape index (κ1) is 19.0. The molecular formula is C18H15F3N4OS. The fourth-order valence-electron chi connectivity index (χ4n) is 2.48. The van der Waals surface area contributed by atoms with E-state index in [1.54, 1.807) is 11.0 Å². The largest absolute Gasteiger partial charge is 0.446 e. The second-order valence-corrected chi connectivity index (χ2v) is 6.76. The van der Waals surface area contributed by atoms with Crippen LogP contribution in [0.2, 0.25) is 0 Å². The van der Waals surface area contributed by atoms with E-state index in [-0.39, 0.29) is 34.2 Å². The van der Waals surface area contributed by atoms with Gasteiger partial charge >= 0.3 is 5.51 Å². The molecule has 140 valence electrons. The molecule has 1 aromatic heterocycles. The van der Waals surface area contributed by atoms with Crippen LogP contribution < -0.4 is 5.32 Å². The number of hydrogen-bond donors (Lipinski definition) is 1. The van der Waals surface area contributed by atoms with Gasteiger partial charge in [0.15, 0.2) is 0 Å². The van der Waals surface area contributed by atoms with E-state index in [2.05, 4.69) is 15.4 Å². The van der Waals surface area contributed by atoms with Crippen LogP contribution in [-0.2, 0) is 6.54 Å². The predicted octanol–water partition coefficient (Wildman–Crippen LogP) is 4.06. The van der Waals surface area contributed by atoms with E-state index < -0.39 is 5.51 Å². The minimum absolute atomic E-state index is 0.0290. The van der Waals surface area contributed by atoms with Gasteiger partial charge in [0.25, 0.3) is 5.91 Å². The maximum atomic E-state index is 12.6. The highest BCUT2D eigenvalue weighted by molar-refractivity contribution is 8.00. The maximum absolute atomic E-state index is 12.6. The molecule has 1 N–H and O–H groups in total. The average molecular weight is 392 g/mol. The summed E-state index contributed by atoms with van der Waals surface area (Å²) in [6.07, 6.45) is 2.95. The minimum atomic E-state index is -4.36. The molecule has 1 amide bonds. The molecule has 9 heteroatoms. The summed E-state index contributed by atoms with van der Waals surface area (Å²) < 4.78 is 38.8. The van der Waals surface area contributed by atoms with Crippen LogP contribution in [0.15, 0.2) is 72.1 Å². The Morgan fingerprint density at radius 3 is 2.41 bits per heavy atom. The van der Waals surface area contributed by atoms with Crippen molar-refractivity contribution >= 4 is 17.7 Å². The molecule has 1 atom stereocenters. The summed E-state index contributed by atoms with van der Waals surface area (Å²) in [5.41, 5.74) is -3.20. The number of aromatic nitrogens is 3. The summed E-state index contributed by atoms with van der Waals surface area (Å²) in [5, 5.41) is 6.95. The quantitative estimate of drug-likeness (QED) is 0.643. The monoisotopic (exact) mass is 392 g/mol. The number of thioether (sulfide) groups is 1. The Labute approximate surface area is 157 Å². The number of rotatable bonds is 6. The van der Waals surface area contributed by atoms with Crippen molar-refractivity contribution in [1.29, 1.82) is 0 Å². The van der Waals surface area contributed by atoms with Gasteiger partial charge in [-0.3, -0.25) is 9.48 Å².